The lowest BCUT2D eigenvalue weighted by Crippen LogP contribution is -2.33. The number of anilines is 2. The summed E-state index contributed by atoms with van der Waals surface area (Å²) in [5.74, 6) is 0. The number of nitrogen functional groups attached to an aromatic ring is 1. The van der Waals surface area contributed by atoms with E-state index in [0.29, 0.717) is 0 Å². The average molecular weight is 305 g/mol. The molecule has 3 N–H and O–H groups in total. The second-order valence-corrected chi connectivity index (χ2v) is 4.44. The summed E-state index contributed by atoms with van der Waals surface area (Å²) >= 11 is 0. The summed E-state index contributed by atoms with van der Waals surface area (Å²) in [5, 5.41) is 1.02. The minimum atomic E-state index is -4.46. The van der Waals surface area contributed by atoms with Crippen LogP contribution in [-0.4, -0.2) is 24.8 Å². The highest BCUT2D eigenvalue weighted by atomic mass is 19.4. The zero-order chi connectivity index (χ0) is 16.0. The molecule has 0 spiro atoms. The molecule has 1 aromatic rings. The molecule has 1 rings (SSSR count). The minimum absolute atomic E-state index is 0.113. The molecule has 1 amide bonds. The Bertz CT molecular complexity index is 492. The number of amides is 1. The van der Waals surface area contributed by atoms with Crippen molar-refractivity contribution in [3.8, 4) is 0 Å². The van der Waals surface area contributed by atoms with Gasteiger partial charge in [-0.1, -0.05) is 13.3 Å². The number of ether oxygens (including phenoxy) is 1. The van der Waals surface area contributed by atoms with Crippen molar-refractivity contribution < 1.29 is 22.7 Å². The van der Waals surface area contributed by atoms with Gasteiger partial charge in [0.05, 0.1) is 23.5 Å². The Kier molecular flexibility index (Phi) is 5.69. The monoisotopic (exact) mass is 305 g/mol. The zero-order valence-electron chi connectivity index (χ0n) is 11.8. The lowest BCUT2D eigenvalue weighted by atomic mass is 10.1. The highest BCUT2D eigenvalue weighted by Gasteiger charge is 2.30. The van der Waals surface area contributed by atoms with Gasteiger partial charge < -0.3 is 10.5 Å². The lowest BCUT2D eigenvalue weighted by Gasteiger charge is -2.20. The average Bonchev–Trinajstić information content (AvgIpc) is 2.39. The van der Waals surface area contributed by atoms with E-state index in [0.717, 1.165) is 36.0 Å². The van der Waals surface area contributed by atoms with Gasteiger partial charge in [0.2, 0.25) is 0 Å². The van der Waals surface area contributed by atoms with Gasteiger partial charge in [-0.25, -0.2) is 9.80 Å². The summed E-state index contributed by atoms with van der Waals surface area (Å²) in [6.07, 6.45) is -3.47. The highest BCUT2D eigenvalue weighted by molar-refractivity contribution is 5.73. The number of nitrogens with zero attached hydrogens (tertiary/aromatic N) is 1. The van der Waals surface area contributed by atoms with Crippen molar-refractivity contribution in [1.29, 1.82) is 0 Å². The first-order chi connectivity index (χ1) is 9.75. The summed E-state index contributed by atoms with van der Waals surface area (Å²) in [7, 11) is 1.39. The van der Waals surface area contributed by atoms with Gasteiger partial charge in [0, 0.05) is 7.05 Å². The number of nitrogens with two attached hydrogens (primary N) is 1. The second kappa shape index (κ2) is 7.05. The van der Waals surface area contributed by atoms with E-state index < -0.39 is 17.8 Å². The van der Waals surface area contributed by atoms with E-state index >= 15 is 0 Å². The van der Waals surface area contributed by atoms with Gasteiger partial charge in [0.15, 0.2) is 0 Å². The van der Waals surface area contributed by atoms with Crippen molar-refractivity contribution in [1.82, 2.24) is 5.01 Å². The first-order valence-corrected chi connectivity index (χ1v) is 6.39. The first-order valence-electron chi connectivity index (χ1n) is 6.39. The number of hydrogen-bond acceptors (Lipinski definition) is 4. The van der Waals surface area contributed by atoms with Crippen LogP contribution in [-0.2, 0) is 10.9 Å². The Labute approximate surface area is 120 Å². The quantitative estimate of drug-likeness (QED) is 0.496. The van der Waals surface area contributed by atoms with Crippen LogP contribution in [0.3, 0.4) is 0 Å². The SMILES string of the molecule is CCCCOC(=O)N(C)Nc1ccc(C(F)(F)F)cc1N. The van der Waals surface area contributed by atoms with E-state index in [4.69, 9.17) is 10.5 Å². The number of alkyl halides is 3. The molecule has 0 heterocycles. The number of hydrogen-bond donors (Lipinski definition) is 2. The fraction of sp³-hybridized carbons (Fsp3) is 0.462. The van der Waals surface area contributed by atoms with E-state index in [9.17, 15) is 18.0 Å². The normalized spacial score (nSPS) is 11.1. The van der Waals surface area contributed by atoms with Crippen LogP contribution in [0, 0.1) is 0 Å². The number of carbonyl (C=O) groups is 1. The van der Waals surface area contributed by atoms with Gasteiger partial charge in [-0.15, -0.1) is 0 Å². The zero-order valence-corrected chi connectivity index (χ0v) is 11.8. The van der Waals surface area contributed by atoms with Gasteiger partial charge in [-0.2, -0.15) is 13.2 Å². The fourth-order valence-electron chi connectivity index (χ4n) is 1.47. The number of carbonyl (C=O) groups excluding carboxylic acids is 1. The summed E-state index contributed by atoms with van der Waals surface area (Å²) in [4.78, 5) is 11.6. The Morgan fingerprint density at radius 3 is 2.62 bits per heavy atom. The van der Waals surface area contributed by atoms with Crippen LogP contribution >= 0.6 is 0 Å². The molecule has 0 fully saturated rings. The molecule has 0 aliphatic rings. The van der Waals surface area contributed by atoms with E-state index in [1.165, 1.54) is 7.05 Å². The third kappa shape index (κ3) is 5.05. The van der Waals surface area contributed by atoms with Gasteiger partial charge >= 0.3 is 12.3 Å². The number of unbranched alkanes of at least 4 members (excludes halogenated alkanes) is 1. The molecule has 8 heteroatoms. The Hall–Kier alpha value is -2.12. The van der Waals surface area contributed by atoms with Crippen molar-refractivity contribution in [3.05, 3.63) is 23.8 Å². The smallest absolute Gasteiger partial charge is 0.428 e. The van der Waals surface area contributed by atoms with Crippen molar-refractivity contribution in [2.75, 3.05) is 24.8 Å². The summed E-state index contributed by atoms with van der Waals surface area (Å²) in [5.41, 5.74) is 7.36. The highest BCUT2D eigenvalue weighted by Crippen LogP contribution is 2.32. The molecule has 118 valence electrons. The molecular formula is C13H18F3N3O2. The Morgan fingerprint density at radius 1 is 1.43 bits per heavy atom. The van der Waals surface area contributed by atoms with Crippen LogP contribution in [0.25, 0.3) is 0 Å². The number of rotatable bonds is 5. The van der Waals surface area contributed by atoms with E-state index in [2.05, 4.69) is 5.43 Å². The Morgan fingerprint density at radius 2 is 2.10 bits per heavy atom. The van der Waals surface area contributed by atoms with Gasteiger partial charge in [0.25, 0.3) is 0 Å². The van der Waals surface area contributed by atoms with Crippen LogP contribution < -0.4 is 11.2 Å². The number of hydrazine groups is 1. The molecule has 0 unspecified atom stereocenters. The van der Waals surface area contributed by atoms with E-state index in [-0.39, 0.29) is 18.0 Å². The molecule has 0 atom stereocenters. The molecular weight excluding hydrogens is 287 g/mol. The maximum atomic E-state index is 12.5. The molecule has 0 bridgehead atoms. The molecule has 0 saturated heterocycles. The van der Waals surface area contributed by atoms with Gasteiger partial charge in [-0.05, 0) is 24.6 Å². The standard InChI is InChI=1S/C13H18F3N3O2/c1-3-4-7-21-12(20)19(2)18-11-6-5-9(8-10(11)17)13(14,15)16/h5-6,8,18H,3-4,7,17H2,1-2H3. The van der Waals surface area contributed by atoms with Crippen LogP contribution in [0.1, 0.15) is 25.3 Å². The van der Waals surface area contributed by atoms with Crippen molar-refractivity contribution in [2.45, 2.75) is 25.9 Å². The van der Waals surface area contributed by atoms with Crippen molar-refractivity contribution in [2.24, 2.45) is 0 Å². The predicted octanol–water partition coefficient (Wildman–Crippen LogP) is 3.48. The van der Waals surface area contributed by atoms with Gasteiger partial charge in [-0.3, -0.25) is 5.43 Å². The predicted molar refractivity (Wildman–Crippen MR) is 73.5 cm³/mol. The molecule has 0 radical (unpaired) electrons. The molecule has 0 aliphatic carbocycles. The Balaban J connectivity index is 2.68. The number of nitrogens with one attached hydrogen (secondary N) is 1. The van der Waals surface area contributed by atoms with Gasteiger partial charge in [0.1, 0.15) is 0 Å². The van der Waals surface area contributed by atoms with E-state index in [1.807, 2.05) is 6.92 Å². The first kappa shape index (κ1) is 16.9. The summed E-state index contributed by atoms with van der Waals surface area (Å²) in [6.45, 7) is 2.24. The summed E-state index contributed by atoms with van der Waals surface area (Å²) in [6, 6.07) is 2.85. The second-order valence-electron chi connectivity index (χ2n) is 4.44. The lowest BCUT2D eigenvalue weighted by molar-refractivity contribution is -0.137. The third-order valence-corrected chi connectivity index (χ3v) is 2.66. The van der Waals surface area contributed by atoms with Crippen LogP contribution in [0.4, 0.5) is 29.3 Å². The molecule has 5 nitrogen and oxygen atoms in total. The molecule has 0 aromatic heterocycles. The third-order valence-electron chi connectivity index (χ3n) is 2.66. The largest absolute Gasteiger partial charge is 0.448 e. The maximum absolute atomic E-state index is 12.5. The topological polar surface area (TPSA) is 67.6 Å². The number of benzene rings is 1. The fourth-order valence-corrected chi connectivity index (χ4v) is 1.47. The minimum Gasteiger partial charge on any atom is -0.448 e. The van der Waals surface area contributed by atoms with Crippen LogP contribution in [0.15, 0.2) is 18.2 Å². The van der Waals surface area contributed by atoms with Crippen LogP contribution in [0.2, 0.25) is 0 Å². The molecule has 21 heavy (non-hydrogen) atoms. The maximum Gasteiger partial charge on any atom is 0.428 e. The number of halogens is 3. The molecule has 0 saturated carbocycles. The summed E-state index contributed by atoms with van der Waals surface area (Å²) < 4.78 is 42.4. The molecule has 0 aliphatic heterocycles. The van der Waals surface area contributed by atoms with Crippen molar-refractivity contribution >= 4 is 17.5 Å². The van der Waals surface area contributed by atoms with Crippen molar-refractivity contribution in [3.63, 3.8) is 0 Å². The molecule has 1 aromatic carbocycles. The van der Waals surface area contributed by atoms with E-state index in [1.54, 1.807) is 0 Å². The van der Waals surface area contributed by atoms with Crippen LogP contribution in [0.5, 0.6) is 0 Å².